The first-order valence-electron chi connectivity index (χ1n) is 5.14. The van der Waals surface area contributed by atoms with Gasteiger partial charge < -0.3 is 20.9 Å². The van der Waals surface area contributed by atoms with E-state index >= 15 is 0 Å². The third kappa shape index (κ3) is 2.82. The number of nitrogens with zero attached hydrogens (tertiary/aromatic N) is 2. The Balaban J connectivity index is 2.75. The minimum Gasteiger partial charge on any atom is -0.394 e. The fourth-order valence-corrected chi connectivity index (χ4v) is 1.57. The van der Waals surface area contributed by atoms with Gasteiger partial charge in [0.1, 0.15) is 12.4 Å². The van der Waals surface area contributed by atoms with Crippen LogP contribution < -0.4 is 11.5 Å². The third-order valence-corrected chi connectivity index (χ3v) is 2.48. The molecule has 0 aliphatic rings. The van der Waals surface area contributed by atoms with E-state index in [1.165, 1.54) is 0 Å². The highest BCUT2D eigenvalue weighted by molar-refractivity contribution is 6.34. The number of nitrogens with two attached hydrogens (primary N) is 2. The summed E-state index contributed by atoms with van der Waals surface area (Å²) in [7, 11) is 1.79. The van der Waals surface area contributed by atoms with Crippen LogP contribution in [0.15, 0.2) is 11.4 Å². The van der Waals surface area contributed by atoms with Crippen molar-refractivity contribution in [2.75, 3.05) is 12.3 Å². The van der Waals surface area contributed by atoms with Crippen molar-refractivity contribution in [3.8, 4) is 0 Å². The molecule has 0 atom stereocenters. The Labute approximate surface area is 100.0 Å². The largest absolute Gasteiger partial charge is 0.394 e. The van der Waals surface area contributed by atoms with E-state index in [0.29, 0.717) is 23.0 Å². The molecule has 0 aliphatic carbocycles. The van der Waals surface area contributed by atoms with E-state index in [4.69, 9.17) is 27.9 Å². The summed E-state index contributed by atoms with van der Waals surface area (Å²) in [4.78, 5) is 5.05. The number of hydrogen-bond donors (Lipinski definition) is 2. The van der Waals surface area contributed by atoms with Gasteiger partial charge in [-0.15, -0.1) is 0 Å². The van der Waals surface area contributed by atoms with Crippen molar-refractivity contribution in [2.24, 2.45) is 17.9 Å². The molecule has 0 bridgehead atoms. The molecular weight excluding hydrogens is 228 g/mol. The summed E-state index contributed by atoms with van der Waals surface area (Å²) in [6.45, 7) is 2.62. The Morgan fingerprint density at radius 2 is 2.31 bits per heavy atom. The quantitative estimate of drug-likeness (QED) is 0.358. The summed E-state index contributed by atoms with van der Waals surface area (Å²) >= 11 is 5.97. The van der Waals surface area contributed by atoms with Crippen LogP contribution in [0.25, 0.3) is 0 Å². The van der Waals surface area contributed by atoms with E-state index in [2.05, 4.69) is 12.1 Å². The summed E-state index contributed by atoms with van der Waals surface area (Å²) in [5.74, 6) is 0.685. The lowest BCUT2D eigenvalue weighted by molar-refractivity contribution is 0.141. The Hall–Kier alpha value is -1.36. The lowest BCUT2D eigenvalue weighted by atomic mass is 10.3. The number of amidine groups is 1. The molecule has 1 aromatic rings. The number of oxime groups is 1. The fraction of sp³-hybridized carbons (Fsp3) is 0.500. The molecule has 0 fully saturated rings. The minimum atomic E-state index is 0.208. The summed E-state index contributed by atoms with van der Waals surface area (Å²) < 4.78 is 1.69. The molecule has 0 aliphatic heterocycles. The molecule has 6 heteroatoms. The number of aromatic nitrogens is 1. The van der Waals surface area contributed by atoms with E-state index in [9.17, 15) is 0 Å². The second-order valence-corrected chi connectivity index (χ2v) is 3.92. The summed E-state index contributed by atoms with van der Waals surface area (Å²) in [5.41, 5.74) is 12.1. The Morgan fingerprint density at radius 1 is 1.62 bits per heavy atom. The molecule has 1 heterocycles. The Morgan fingerprint density at radius 3 is 2.81 bits per heavy atom. The van der Waals surface area contributed by atoms with E-state index in [1.54, 1.807) is 17.8 Å². The second-order valence-electron chi connectivity index (χ2n) is 3.51. The third-order valence-electron chi connectivity index (χ3n) is 2.19. The zero-order valence-corrected chi connectivity index (χ0v) is 10.3. The number of aryl methyl sites for hydroxylation is 1. The van der Waals surface area contributed by atoms with Crippen molar-refractivity contribution in [1.82, 2.24) is 4.57 Å². The van der Waals surface area contributed by atoms with Gasteiger partial charge in [0.25, 0.3) is 0 Å². The van der Waals surface area contributed by atoms with Gasteiger partial charge in [-0.1, -0.05) is 30.1 Å². The van der Waals surface area contributed by atoms with Crippen LogP contribution in [0.2, 0.25) is 5.02 Å². The maximum atomic E-state index is 5.97. The van der Waals surface area contributed by atoms with Gasteiger partial charge in [0.2, 0.25) is 0 Å². The number of hydrogen-bond acceptors (Lipinski definition) is 3. The van der Waals surface area contributed by atoms with E-state index in [1.807, 2.05) is 0 Å². The molecule has 0 unspecified atom stereocenters. The first-order chi connectivity index (χ1) is 7.57. The molecule has 0 radical (unpaired) electrons. The molecule has 0 aromatic carbocycles. The number of unbranched alkanes of at least 4 members (excludes halogenated alkanes) is 1. The summed E-state index contributed by atoms with van der Waals surface area (Å²) in [5, 5.41) is 4.26. The van der Waals surface area contributed by atoms with Gasteiger partial charge in [-0.2, -0.15) is 0 Å². The van der Waals surface area contributed by atoms with Crippen molar-refractivity contribution in [3.63, 3.8) is 0 Å². The lowest BCUT2D eigenvalue weighted by Gasteiger charge is -2.02. The predicted molar refractivity (Wildman–Crippen MR) is 66.4 cm³/mol. The van der Waals surface area contributed by atoms with Gasteiger partial charge in [0, 0.05) is 13.2 Å². The minimum absolute atomic E-state index is 0.208. The molecule has 1 rings (SSSR count). The Bertz CT molecular complexity index is 386. The first-order valence-corrected chi connectivity index (χ1v) is 5.51. The number of halogens is 1. The topological polar surface area (TPSA) is 78.6 Å². The summed E-state index contributed by atoms with van der Waals surface area (Å²) in [6.07, 6.45) is 3.67. The number of anilines is 1. The summed E-state index contributed by atoms with van der Waals surface area (Å²) in [6, 6.07) is 0. The fourth-order valence-electron chi connectivity index (χ4n) is 1.23. The van der Waals surface area contributed by atoms with E-state index in [0.717, 1.165) is 12.8 Å². The molecule has 0 saturated heterocycles. The molecule has 0 spiro atoms. The van der Waals surface area contributed by atoms with Crippen molar-refractivity contribution in [3.05, 3.63) is 16.8 Å². The average molecular weight is 245 g/mol. The number of nitrogen functional groups attached to an aromatic ring is 1. The molecule has 16 heavy (non-hydrogen) atoms. The van der Waals surface area contributed by atoms with E-state index in [-0.39, 0.29) is 5.84 Å². The van der Waals surface area contributed by atoms with Crippen LogP contribution >= 0.6 is 11.6 Å². The van der Waals surface area contributed by atoms with Gasteiger partial charge in [0.05, 0.1) is 10.6 Å². The van der Waals surface area contributed by atoms with Crippen LogP contribution in [0.4, 0.5) is 5.82 Å². The first kappa shape index (κ1) is 12.7. The van der Waals surface area contributed by atoms with Gasteiger partial charge >= 0.3 is 0 Å². The monoisotopic (exact) mass is 244 g/mol. The van der Waals surface area contributed by atoms with Crippen molar-refractivity contribution < 1.29 is 4.84 Å². The highest BCUT2D eigenvalue weighted by Gasteiger charge is 2.14. The SMILES string of the molecule is CCCCON=C(N)c1c(Cl)cn(C)c1N. The molecule has 0 amide bonds. The van der Waals surface area contributed by atoms with Gasteiger partial charge in [-0.3, -0.25) is 0 Å². The van der Waals surface area contributed by atoms with Crippen molar-refractivity contribution in [2.45, 2.75) is 19.8 Å². The molecular formula is C10H17ClN4O. The molecule has 4 N–H and O–H groups in total. The number of rotatable bonds is 5. The maximum Gasteiger partial charge on any atom is 0.175 e. The zero-order chi connectivity index (χ0) is 12.1. The van der Waals surface area contributed by atoms with Gasteiger partial charge in [-0.25, -0.2) is 0 Å². The second kappa shape index (κ2) is 5.65. The Kier molecular flexibility index (Phi) is 4.49. The van der Waals surface area contributed by atoms with Crippen molar-refractivity contribution >= 4 is 23.3 Å². The van der Waals surface area contributed by atoms with Gasteiger partial charge in [0.15, 0.2) is 5.84 Å². The molecule has 1 aromatic heterocycles. The normalized spacial score (nSPS) is 11.8. The molecule has 90 valence electrons. The average Bonchev–Trinajstić information content (AvgIpc) is 2.48. The van der Waals surface area contributed by atoms with Crippen LogP contribution in [0, 0.1) is 0 Å². The van der Waals surface area contributed by atoms with E-state index < -0.39 is 0 Å². The smallest absolute Gasteiger partial charge is 0.175 e. The van der Waals surface area contributed by atoms with Gasteiger partial charge in [-0.05, 0) is 6.42 Å². The highest BCUT2D eigenvalue weighted by Crippen LogP contribution is 2.23. The zero-order valence-electron chi connectivity index (χ0n) is 9.53. The standard InChI is InChI=1S/C10H17ClN4O/c1-3-4-5-16-14-9(12)8-7(11)6-15(2)10(8)13/h6H,3-5,13H2,1-2H3,(H2,12,14). The lowest BCUT2D eigenvalue weighted by Crippen LogP contribution is -2.16. The predicted octanol–water partition coefficient (Wildman–Crippen LogP) is 1.70. The van der Waals surface area contributed by atoms with Crippen LogP contribution in [-0.4, -0.2) is 17.0 Å². The van der Waals surface area contributed by atoms with Crippen LogP contribution in [0.1, 0.15) is 25.3 Å². The van der Waals surface area contributed by atoms with Crippen LogP contribution in [-0.2, 0) is 11.9 Å². The van der Waals surface area contributed by atoms with Crippen molar-refractivity contribution in [1.29, 1.82) is 0 Å². The molecule has 5 nitrogen and oxygen atoms in total. The van der Waals surface area contributed by atoms with Crippen LogP contribution in [0.3, 0.4) is 0 Å². The highest BCUT2D eigenvalue weighted by atomic mass is 35.5. The maximum absolute atomic E-state index is 5.97. The van der Waals surface area contributed by atoms with Crippen LogP contribution in [0.5, 0.6) is 0 Å². The molecule has 0 saturated carbocycles.